The van der Waals surface area contributed by atoms with Gasteiger partial charge in [-0.2, -0.15) is 0 Å². The molecule has 0 unspecified atom stereocenters. The van der Waals surface area contributed by atoms with Crippen molar-refractivity contribution in [2.75, 3.05) is 0 Å². The van der Waals surface area contributed by atoms with Gasteiger partial charge in [0.2, 0.25) is 0 Å². The summed E-state index contributed by atoms with van der Waals surface area (Å²) in [5.74, 6) is 0. The van der Waals surface area contributed by atoms with Crippen molar-refractivity contribution in [3.05, 3.63) is 164 Å². The van der Waals surface area contributed by atoms with Crippen LogP contribution in [0.1, 0.15) is 0 Å². The van der Waals surface area contributed by atoms with Crippen LogP contribution in [0.4, 0.5) is 0 Å². The second-order valence-corrected chi connectivity index (χ2v) is 11.3. The predicted molar refractivity (Wildman–Crippen MR) is 184 cm³/mol. The van der Waals surface area contributed by atoms with Crippen molar-refractivity contribution >= 4 is 43.6 Å². The lowest BCUT2D eigenvalue weighted by Crippen LogP contribution is -1.94. The standard InChI is InChI=1S/C41H27N3/c1-3-10-28(11-4-1)29-18-21-32(22-19-29)43-37-16-8-7-14-34(37)36-26-30(20-23-38(36)43)33-15-9-17-39-41(33)35-24-25-42-27-40(35)44(39)31-12-5-2-6-13-31/h1-27H. The first-order chi connectivity index (χ1) is 21.8. The normalized spacial score (nSPS) is 11.6. The summed E-state index contributed by atoms with van der Waals surface area (Å²) in [5.41, 5.74) is 11.9. The third-order valence-corrected chi connectivity index (χ3v) is 8.82. The molecule has 0 fully saturated rings. The lowest BCUT2D eigenvalue weighted by atomic mass is 9.98. The van der Waals surface area contributed by atoms with Crippen LogP contribution in [-0.4, -0.2) is 14.1 Å². The lowest BCUT2D eigenvalue weighted by molar-refractivity contribution is 1.17. The minimum atomic E-state index is 1.11. The van der Waals surface area contributed by atoms with E-state index in [4.69, 9.17) is 0 Å². The molecule has 0 N–H and O–H groups in total. The number of rotatable bonds is 4. The molecule has 0 saturated heterocycles. The molecule has 0 aliphatic carbocycles. The zero-order valence-electron chi connectivity index (χ0n) is 23.9. The molecule has 9 aromatic rings. The van der Waals surface area contributed by atoms with Crippen molar-refractivity contribution in [2.45, 2.75) is 0 Å². The summed E-state index contributed by atoms with van der Waals surface area (Å²) in [6, 6.07) is 54.5. The summed E-state index contributed by atoms with van der Waals surface area (Å²) in [7, 11) is 0. The van der Waals surface area contributed by atoms with Crippen molar-refractivity contribution < 1.29 is 0 Å². The average molecular weight is 562 g/mol. The van der Waals surface area contributed by atoms with Crippen molar-refractivity contribution in [3.8, 4) is 33.6 Å². The minimum absolute atomic E-state index is 1.11. The van der Waals surface area contributed by atoms with Crippen LogP contribution >= 0.6 is 0 Å². The molecule has 0 saturated carbocycles. The summed E-state index contributed by atoms with van der Waals surface area (Å²) in [5, 5.41) is 4.94. The van der Waals surface area contributed by atoms with Crippen LogP contribution in [0.5, 0.6) is 0 Å². The van der Waals surface area contributed by atoms with E-state index in [2.05, 4.69) is 166 Å². The fourth-order valence-corrected chi connectivity index (χ4v) is 6.86. The first-order valence-electron chi connectivity index (χ1n) is 15.0. The van der Waals surface area contributed by atoms with E-state index < -0.39 is 0 Å². The zero-order chi connectivity index (χ0) is 29.0. The van der Waals surface area contributed by atoms with Crippen LogP contribution in [0.25, 0.3) is 77.2 Å². The number of aromatic nitrogens is 3. The number of hydrogen-bond donors (Lipinski definition) is 0. The number of pyridine rings is 1. The van der Waals surface area contributed by atoms with Gasteiger partial charge >= 0.3 is 0 Å². The molecule has 3 heterocycles. The summed E-state index contributed by atoms with van der Waals surface area (Å²) in [4.78, 5) is 4.50. The molecule has 0 atom stereocenters. The van der Waals surface area contributed by atoms with Gasteiger partial charge in [0.1, 0.15) is 0 Å². The van der Waals surface area contributed by atoms with Crippen LogP contribution < -0.4 is 0 Å². The van der Waals surface area contributed by atoms with Gasteiger partial charge in [-0.05, 0) is 76.9 Å². The van der Waals surface area contributed by atoms with Crippen LogP contribution in [0.15, 0.2) is 164 Å². The van der Waals surface area contributed by atoms with Crippen molar-refractivity contribution in [2.24, 2.45) is 0 Å². The Labute approximate surface area is 254 Å². The van der Waals surface area contributed by atoms with E-state index in [-0.39, 0.29) is 0 Å². The van der Waals surface area contributed by atoms with Gasteiger partial charge in [0.25, 0.3) is 0 Å². The fourth-order valence-electron chi connectivity index (χ4n) is 6.86. The Hall–Kier alpha value is -5.93. The predicted octanol–water partition coefficient (Wildman–Crippen LogP) is 10.6. The van der Waals surface area contributed by atoms with Gasteiger partial charge in [-0.25, -0.2) is 0 Å². The molecule has 0 bridgehead atoms. The summed E-state index contributed by atoms with van der Waals surface area (Å²) in [6.45, 7) is 0. The molecule has 6 aromatic carbocycles. The third kappa shape index (κ3) is 3.73. The fraction of sp³-hybridized carbons (Fsp3) is 0. The van der Waals surface area contributed by atoms with E-state index in [1.54, 1.807) is 0 Å². The zero-order valence-corrected chi connectivity index (χ0v) is 23.9. The van der Waals surface area contributed by atoms with E-state index in [0.29, 0.717) is 0 Å². The van der Waals surface area contributed by atoms with Crippen LogP contribution in [-0.2, 0) is 0 Å². The molecule has 0 aliphatic heterocycles. The number of benzene rings is 6. The molecule has 0 aliphatic rings. The number of hydrogen-bond acceptors (Lipinski definition) is 1. The molecular weight excluding hydrogens is 534 g/mol. The van der Waals surface area contributed by atoms with Crippen LogP contribution in [0.3, 0.4) is 0 Å². The maximum absolute atomic E-state index is 4.50. The Morgan fingerprint density at radius 3 is 1.86 bits per heavy atom. The minimum Gasteiger partial charge on any atom is -0.309 e. The van der Waals surface area contributed by atoms with Gasteiger partial charge in [-0.3, -0.25) is 4.98 Å². The van der Waals surface area contributed by atoms with Crippen molar-refractivity contribution in [3.63, 3.8) is 0 Å². The molecule has 3 nitrogen and oxygen atoms in total. The second kappa shape index (κ2) is 9.82. The van der Waals surface area contributed by atoms with Crippen LogP contribution in [0.2, 0.25) is 0 Å². The Kier molecular flexibility index (Phi) is 5.50. The SMILES string of the molecule is c1ccc(-c2ccc(-n3c4ccccc4c4cc(-c5cccc6c5c5ccncc5n6-c5ccccc5)ccc43)cc2)cc1. The maximum Gasteiger partial charge on any atom is 0.0724 e. The van der Waals surface area contributed by atoms with E-state index in [1.165, 1.54) is 60.3 Å². The maximum atomic E-state index is 4.50. The molecule has 44 heavy (non-hydrogen) atoms. The van der Waals surface area contributed by atoms with Crippen molar-refractivity contribution in [1.29, 1.82) is 0 Å². The molecule has 0 radical (unpaired) electrons. The van der Waals surface area contributed by atoms with Gasteiger partial charge in [-0.1, -0.05) is 97.1 Å². The smallest absolute Gasteiger partial charge is 0.0724 e. The molecule has 0 amide bonds. The molecular formula is C41H27N3. The van der Waals surface area contributed by atoms with E-state index in [9.17, 15) is 0 Å². The molecule has 3 heteroatoms. The van der Waals surface area contributed by atoms with Crippen molar-refractivity contribution in [1.82, 2.24) is 14.1 Å². The molecule has 0 spiro atoms. The van der Waals surface area contributed by atoms with Gasteiger partial charge in [0, 0.05) is 39.1 Å². The number of nitrogens with zero attached hydrogens (tertiary/aromatic N) is 3. The second-order valence-electron chi connectivity index (χ2n) is 11.3. The average Bonchev–Trinajstić information content (AvgIpc) is 3.62. The summed E-state index contributed by atoms with van der Waals surface area (Å²) >= 11 is 0. The highest BCUT2D eigenvalue weighted by atomic mass is 15.0. The molecule has 3 aromatic heterocycles. The van der Waals surface area contributed by atoms with Crippen LogP contribution in [0, 0.1) is 0 Å². The van der Waals surface area contributed by atoms with Gasteiger partial charge < -0.3 is 9.13 Å². The lowest BCUT2D eigenvalue weighted by Gasteiger charge is -2.10. The van der Waals surface area contributed by atoms with Gasteiger partial charge in [0.15, 0.2) is 0 Å². The molecule has 9 rings (SSSR count). The van der Waals surface area contributed by atoms with Gasteiger partial charge in [0.05, 0.1) is 28.3 Å². The Balaban J connectivity index is 1.26. The largest absolute Gasteiger partial charge is 0.309 e. The van der Waals surface area contributed by atoms with E-state index >= 15 is 0 Å². The number of fused-ring (bicyclic) bond motifs is 6. The Morgan fingerprint density at radius 2 is 1.02 bits per heavy atom. The van der Waals surface area contributed by atoms with E-state index in [0.717, 1.165) is 16.9 Å². The highest BCUT2D eigenvalue weighted by Gasteiger charge is 2.18. The monoisotopic (exact) mass is 561 g/mol. The first kappa shape index (κ1) is 24.6. The summed E-state index contributed by atoms with van der Waals surface area (Å²) in [6.07, 6.45) is 3.87. The first-order valence-corrected chi connectivity index (χ1v) is 15.0. The quantitative estimate of drug-likeness (QED) is 0.210. The van der Waals surface area contributed by atoms with Gasteiger partial charge in [-0.15, -0.1) is 0 Å². The Morgan fingerprint density at radius 1 is 0.386 bits per heavy atom. The van der Waals surface area contributed by atoms with E-state index in [1.807, 2.05) is 12.4 Å². The number of para-hydroxylation sites is 2. The Bertz CT molecular complexity index is 2470. The highest BCUT2D eigenvalue weighted by molar-refractivity contribution is 6.17. The highest BCUT2D eigenvalue weighted by Crippen LogP contribution is 2.40. The summed E-state index contributed by atoms with van der Waals surface area (Å²) < 4.78 is 4.71. The third-order valence-electron chi connectivity index (χ3n) is 8.82. The topological polar surface area (TPSA) is 22.8 Å². The molecule has 206 valence electrons.